The maximum atomic E-state index is 3.89. The highest BCUT2D eigenvalue weighted by Gasteiger charge is 2.45. The van der Waals surface area contributed by atoms with Crippen LogP contribution in [-0.2, 0) is 5.41 Å². The zero-order chi connectivity index (χ0) is 36.3. The predicted octanol–water partition coefficient (Wildman–Crippen LogP) is 14.1. The normalized spacial score (nSPS) is 12.9. The van der Waals surface area contributed by atoms with Crippen LogP contribution in [0, 0.1) is 0 Å². The Morgan fingerprint density at radius 2 is 0.855 bits per heavy atom. The Balaban J connectivity index is 1.12. The Morgan fingerprint density at radius 1 is 0.345 bits per heavy atom. The summed E-state index contributed by atoms with van der Waals surface area (Å²) >= 11 is 0. The highest BCUT2D eigenvalue weighted by molar-refractivity contribution is 6.29. The molecule has 0 atom stereocenters. The molecule has 11 rings (SSSR count). The Morgan fingerprint density at radius 3 is 1.53 bits per heavy atom. The van der Waals surface area contributed by atoms with Gasteiger partial charge in [-0.25, -0.2) is 0 Å². The van der Waals surface area contributed by atoms with Crippen LogP contribution in [0.5, 0.6) is 0 Å². The number of rotatable bonds is 7. The van der Waals surface area contributed by atoms with E-state index in [2.05, 4.69) is 217 Å². The Bertz CT molecular complexity index is 2960. The lowest BCUT2D eigenvalue weighted by molar-refractivity contribution is 0.768. The van der Waals surface area contributed by atoms with Crippen LogP contribution in [0.25, 0.3) is 54.6 Å². The van der Waals surface area contributed by atoms with Crippen molar-refractivity contribution in [2.24, 2.45) is 0 Å². The van der Waals surface area contributed by atoms with E-state index in [9.17, 15) is 0 Å². The summed E-state index contributed by atoms with van der Waals surface area (Å²) in [5.74, 6) is 0. The predicted molar refractivity (Wildman–Crippen MR) is 232 cm³/mol. The minimum absolute atomic E-state index is 0.434. The third kappa shape index (κ3) is 4.82. The van der Waals surface area contributed by atoms with Gasteiger partial charge in [0.25, 0.3) is 0 Å². The fourth-order valence-corrected chi connectivity index (χ4v) is 9.30. The molecule has 0 amide bonds. The highest BCUT2D eigenvalue weighted by atomic mass is 14.9. The number of hydrogen-bond donors (Lipinski definition) is 2. The van der Waals surface area contributed by atoms with Gasteiger partial charge in [-0.1, -0.05) is 170 Å². The summed E-state index contributed by atoms with van der Waals surface area (Å²) in [5, 5.41) is 15.0. The largest absolute Gasteiger partial charge is 0.355 e. The molecule has 258 valence electrons. The number of hydrogen-bond acceptors (Lipinski definition) is 2. The maximum Gasteiger partial charge on any atom is 0.0713 e. The zero-order valence-electron chi connectivity index (χ0n) is 30.1. The summed E-state index contributed by atoms with van der Waals surface area (Å²) in [6, 6.07) is 75.2. The summed E-state index contributed by atoms with van der Waals surface area (Å²) in [4.78, 5) is 0. The monoisotopic (exact) mass is 700 g/mol. The van der Waals surface area contributed by atoms with Gasteiger partial charge in [-0.2, -0.15) is 0 Å². The van der Waals surface area contributed by atoms with E-state index in [-0.39, 0.29) is 0 Å². The average molecular weight is 701 g/mol. The van der Waals surface area contributed by atoms with E-state index in [4.69, 9.17) is 0 Å². The van der Waals surface area contributed by atoms with Gasteiger partial charge in [-0.15, -0.1) is 0 Å². The summed E-state index contributed by atoms with van der Waals surface area (Å²) in [6.07, 6.45) is 0. The molecular formula is C53H36N2. The van der Waals surface area contributed by atoms with Gasteiger partial charge in [0.15, 0.2) is 0 Å². The first-order valence-electron chi connectivity index (χ1n) is 19.0. The van der Waals surface area contributed by atoms with Crippen molar-refractivity contribution >= 4 is 55.1 Å². The summed E-state index contributed by atoms with van der Waals surface area (Å²) in [7, 11) is 0. The molecule has 0 saturated carbocycles. The van der Waals surface area contributed by atoms with Crippen molar-refractivity contribution < 1.29 is 0 Å². The van der Waals surface area contributed by atoms with Gasteiger partial charge in [0, 0.05) is 33.4 Å². The fraction of sp³-hybridized carbons (Fsp3) is 0.0189. The number of nitrogens with one attached hydrogen (secondary N) is 2. The second kappa shape index (κ2) is 12.5. The number of para-hydroxylation sites is 2. The van der Waals surface area contributed by atoms with E-state index in [1.165, 1.54) is 76.8 Å². The van der Waals surface area contributed by atoms with E-state index in [0.29, 0.717) is 0 Å². The lowest BCUT2D eigenvalue weighted by atomic mass is 9.67. The van der Waals surface area contributed by atoms with Gasteiger partial charge in [-0.05, 0) is 96.9 Å². The average Bonchev–Trinajstić information content (AvgIpc) is 3.56. The first-order chi connectivity index (χ1) is 27.3. The van der Waals surface area contributed by atoms with Crippen molar-refractivity contribution in [2.45, 2.75) is 5.41 Å². The molecule has 0 aliphatic heterocycles. The van der Waals surface area contributed by atoms with Gasteiger partial charge in [0.2, 0.25) is 0 Å². The third-order valence-electron chi connectivity index (χ3n) is 11.7. The highest BCUT2D eigenvalue weighted by Crippen LogP contribution is 2.56. The first-order valence-corrected chi connectivity index (χ1v) is 19.0. The summed E-state index contributed by atoms with van der Waals surface area (Å²) in [6.45, 7) is 0. The number of fused-ring (bicyclic) bond motifs is 3. The van der Waals surface area contributed by atoms with E-state index in [0.717, 1.165) is 22.7 Å². The molecule has 0 fully saturated rings. The van der Waals surface area contributed by atoms with E-state index < -0.39 is 5.41 Å². The Kier molecular flexibility index (Phi) is 7.11. The molecule has 0 heterocycles. The van der Waals surface area contributed by atoms with Gasteiger partial charge in [0.1, 0.15) is 0 Å². The molecule has 2 N–H and O–H groups in total. The molecule has 10 aromatic carbocycles. The minimum Gasteiger partial charge on any atom is -0.355 e. The molecule has 0 aromatic heterocycles. The lowest BCUT2D eigenvalue weighted by Gasteiger charge is -2.34. The molecule has 0 saturated heterocycles. The Hall–Kier alpha value is -7.16. The molecule has 0 bridgehead atoms. The standard InChI is InChI=1S/C53H36N2/c1-4-14-38(15-5-1)53(47-22-12-10-20-42(47)43-21-11-13-23-48(43)53)39-29-24-35(25-30-39)46-34-37-27-31-44-49(54-40-16-6-2-7-17-40)33-28-36-26-32-45(51(37)50(36)44)52(46)55-41-18-8-3-9-19-41/h1-34,54-55H. The maximum absolute atomic E-state index is 3.89. The topological polar surface area (TPSA) is 24.1 Å². The number of benzene rings is 10. The van der Waals surface area contributed by atoms with Crippen molar-refractivity contribution in [3.8, 4) is 22.3 Å². The molecule has 1 aliphatic carbocycles. The molecular weight excluding hydrogens is 665 g/mol. The molecule has 1 aliphatic rings. The Labute approximate surface area is 320 Å². The van der Waals surface area contributed by atoms with Crippen molar-refractivity contribution in [1.82, 2.24) is 0 Å². The van der Waals surface area contributed by atoms with Gasteiger partial charge in [-0.3, -0.25) is 0 Å². The van der Waals surface area contributed by atoms with Gasteiger partial charge >= 0.3 is 0 Å². The quantitative estimate of drug-likeness (QED) is 0.162. The van der Waals surface area contributed by atoms with E-state index in [1.807, 2.05) is 0 Å². The van der Waals surface area contributed by atoms with Crippen LogP contribution in [-0.4, -0.2) is 0 Å². The molecule has 0 radical (unpaired) electrons. The van der Waals surface area contributed by atoms with Crippen LogP contribution in [0.1, 0.15) is 22.3 Å². The number of anilines is 4. The molecule has 2 nitrogen and oxygen atoms in total. The van der Waals surface area contributed by atoms with Crippen LogP contribution in [0.3, 0.4) is 0 Å². The van der Waals surface area contributed by atoms with Gasteiger partial charge in [0.05, 0.1) is 11.1 Å². The fourth-order valence-electron chi connectivity index (χ4n) is 9.30. The van der Waals surface area contributed by atoms with Crippen molar-refractivity contribution in [3.63, 3.8) is 0 Å². The molecule has 55 heavy (non-hydrogen) atoms. The summed E-state index contributed by atoms with van der Waals surface area (Å²) in [5.41, 5.74) is 14.0. The van der Waals surface area contributed by atoms with Crippen molar-refractivity contribution in [1.29, 1.82) is 0 Å². The third-order valence-corrected chi connectivity index (χ3v) is 11.7. The smallest absolute Gasteiger partial charge is 0.0713 e. The van der Waals surface area contributed by atoms with E-state index >= 15 is 0 Å². The minimum atomic E-state index is -0.434. The van der Waals surface area contributed by atoms with Crippen LogP contribution >= 0.6 is 0 Å². The molecule has 2 heteroatoms. The second-order valence-corrected chi connectivity index (χ2v) is 14.6. The lowest BCUT2D eigenvalue weighted by Crippen LogP contribution is -2.28. The zero-order valence-corrected chi connectivity index (χ0v) is 30.1. The van der Waals surface area contributed by atoms with Crippen molar-refractivity contribution in [2.75, 3.05) is 10.6 Å². The van der Waals surface area contributed by atoms with Crippen molar-refractivity contribution in [3.05, 3.63) is 229 Å². The second-order valence-electron chi connectivity index (χ2n) is 14.6. The van der Waals surface area contributed by atoms with Gasteiger partial charge < -0.3 is 10.6 Å². The van der Waals surface area contributed by atoms with Crippen LogP contribution < -0.4 is 10.6 Å². The van der Waals surface area contributed by atoms with Crippen LogP contribution in [0.4, 0.5) is 22.7 Å². The SMILES string of the molecule is c1ccc(Nc2ccc3ccc4c(Nc5ccccc5)c(-c5ccc(C6(c7ccccc7)c7ccccc7-c7ccccc76)cc5)cc5ccc2c3c54)cc1. The molecule has 10 aromatic rings. The first kappa shape index (κ1) is 31.4. The van der Waals surface area contributed by atoms with Crippen LogP contribution in [0.15, 0.2) is 206 Å². The summed E-state index contributed by atoms with van der Waals surface area (Å²) < 4.78 is 0. The van der Waals surface area contributed by atoms with Crippen LogP contribution in [0.2, 0.25) is 0 Å². The molecule has 0 unspecified atom stereocenters. The molecule has 0 spiro atoms. The van der Waals surface area contributed by atoms with E-state index in [1.54, 1.807) is 0 Å².